The van der Waals surface area contributed by atoms with Crippen LogP contribution >= 0.6 is 0 Å². The molecule has 2 aliphatic carbocycles. The van der Waals surface area contributed by atoms with Crippen molar-refractivity contribution < 1.29 is 0 Å². The molecule has 0 radical (unpaired) electrons. The van der Waals surface area contributed by atoms with E-state index in [1.54, 1.807) is 0 Å². The zero-order valence-electron chi connectivity index (χ0n) is 6.09. The minimum Gasteiger partial charge on any atom is -0.316 e. The molecule has 2 bridgehead atoms. The smallest absolute Gasteiger partial charge is 0.00114 e. The van der Waals surface area contributed by atoms with E-state index in [1.807, 2.05) is 0 Å². The first kappa shape index (κ1) is 5.36. The minimum absolute atomic E-state index is 0.949. The van der Waals surface area contributed by atoms with Crippen molar-refractivity contribution in [2.45, 2.75) is 6.42 Å². The summed E-state index contributed by atoms with van der Waals surface area (Å²) in [4.78, 5) is 0. The van der Waals surface area contributed by atoms with Crippen LogP contribution in [-0.4, -0.2) is 13.1 Å². The Hall–Kier alpha value is -0.300. The minimum atomic E-state index is 0.949. The predicted molar refractivity (Wildman–Crippen MR) is 40.6 cm³/mol. The molecule has 10 heavy (non-hydrogen) atoms. The third kappa shape index (κ3) is 0.485. The zero-order valence-corrected chi connectivity index (χ0v) is 6.09. The molecule has 1 aliphatic heterocycles. The second-order valence-corrected chi connectivity index (χ2v) is 3.93. The molecule has 4 unspecified atom stereocenters. The second-order valence-electron chi connectivity index (χ2n) is 3.93. The molecular formula is C9H13N. The first-order chi connectivity index (χ1) is 4.95. The molecule has 1 nitrogen and oxygen atoms in total. The molecule has 4 atom stereocenters. The maximum atomic E-state index is 3.49. The molecular weight excluding hydrogens is 122 g/mol. The van der Waals surface area contributed by atoms with Gasteiger partial charge in [0.15, 0.2) is 0 Å². The molecule has 0 aromatic heterocycles. The van der Waals surface area contributed by atoms with Gasteiger partial charge in [-0.3, -0.25) is 0 Å². The fraction of sp³-hybridized carbons (Fsp3) is 0.778. The van der Waals surface area contributed by atoms with Crippen molar-refractivity contribution >= 4 is 0 Å². The van der Waals surface area contributed by atoms with Gasteiger partial charge in [-0.15, -0.1) is 0 Å². The van der Waals surface area contributed by atoms with Crippen molar-refractivity contribution in [2.75, 3.05) is 13.1 Å². The highest BCUT2D eigenvalue weighted by Gasteiger charge is 2.46. The van der Waals surface area contributed by atoms with Crippen LogP contribution in [0.4, 0.5) is 0 Å². The summed E-state index contributed by atoms with van der Waals surface area (Å²) in [5.41, 5.74) is 0. The number of rotatable bonds is 0. The van der Waals surface area contributed by atoms with Gasteiger partial charge in [0.1, 0.15) is 0 Å². The Labute approximate surface area is 61.5 Å². The molecule has 1 N–H and O–H groups in total. The standard InChI is InChI=1S/C9H13N/c1-2-7-3-6(1)8-4-10-5-9(7)8/h1-2,6-10H,3-5H2. The summed E-state index contributed by atoms with van der Waals surface area (Å²) >= 11 is 0. The van der Waals surface area contributed by atoms with Crippen LogP contribution in [0, 0.1) is 23.7 Å². The molecule has 1 saturated heterocycles. The SMILES string of the molecule is C1=CC2CC1C1CNCC21. The van der Waals surface area contributed by atoms with E-state index in [0.717, 1.165) is 23.7 Å². The van der Waals surface area contributed by atoms with Gasteiger partial charge in [-0.25, -0.2) is 0 Å². The Kier molecular flexibility index (Phi) is 0.883. The Bertz CT molecular complexity index is 167. The average molecular weight is 135 g/mol. The van der Waals surface area contributed by atoms with Gasteiger partial charge in [0.25, 0.3) is 0 Å². The second kappa shape index (κ2) is 1.65. The lowest BCUT2D eigenvalue weighted by atomic mass is 9.86. The largest absolute Gasteiger partial charge is 0.316 e. The topological polar surface area (TPSA) is 12.0 Å². The number of nitrogens with one attached hydrogen (secondary N) is 1. The van der Waals surface area contributed by atoms with Crippen molar-refractivity contribution in [1.29, 1.82) is 0 Å². The van der Waals surface area contributed by atoms with Crippen LogP contribution in [0.5, 0.6) is 0 Å². The fourth-order valence-corrected chi connectivity index (χ4v) is 3.05. The molecule has 1 heteroatoms. The van der Waals surface area contributed by atoms with Gasteiger partial charge in [-0.1, -0.05) is 12.2 Å². The quantitative estimate of drug-likeness (QED) is 0.489. The van der Waals surface area contributed by atoms with Gasteiger partial charge in [-0.2, -0.15) is 0 Å². The van der Waals surface area contributed by atoms with Crippen molar-refractivity contribution in [3.05, 3.63) is 12.2 Å². The first-order valence-electron chi connectivity index (χ1n) is 4.34. The Morgan fingerprint density at radius 3 is 2.20 bits per heavy atom. The zero-order chi connectivity index (χ0) is 6.55. The molecule has 1 heterocycles. The Morgan fingerprint density at radius 1 is 1.00 bits per heavy atom. The molecule has 54 valence electrons. The highest BCUT2D eigenvalue weighted by atomic mass is 14.9. The van der Waals surface area contributed by atoms with Gasteiger partial charge >= 0.3 is 0 Å². The van der Waals surface area contributed by atoms with E-state index < -0.39 is 0 Å². The van der Waals surface area contributed by atoms with Gasteiger partial charge in [-0.05, 0) is 43.2 Å². The Morgan fingerprint density at radius 2 is 1.60 bits per heavy atom. The maximum Gasteiger partial charge on any atom is -0.00114 e. The summed E-state index contributed by atoms with van der Waals surface area (Å²) in [5.74, 6) is 3.92. The molecule has 0 amide bonds. The summed E-state index contributed by atoms with van der Waals surface area (Å²) in [5, 5.41) is 3.49. The molecule has 1 saturated carbocycles. The molecule has 2 fully saturated rings. The van der Waals surface area contributed by atoms with E-state index in [1.165, 1.54) is 19.5 Å². The summed E-state index contributed by atoms with van der Waals surface area (Å²) in [6.07, 6.45) is 6.36. The molecule has 0 spiro atoms. The lowest BCUT2D eigenvalue weighted by Crippen LogP contribution is -2.16. The van der Waals surface area contributed by atoms with Gasteiger partial charge in [0, 0.05) is 0 Å². The van der Waals surface area contributed by atoms with Crippen LogP contribution < -0.4 is 5.32 Å². The summed E-state index contributed by atoms with van der Waals surface area (Å²) < 4.78 is 0. The van der Waals surface area contributed by atoms with Crippen molar-refractivity contribution in [3.8, 4) is 0 Å². The van der Waals surface area contributed by atoms with Crippen LogP contribution in [0.1, 0.15) is 6.42 Å². The number of hydrogen-bond acceptors (Lipinski definition) is 1. The fourth-order valence-electron chi connectivity index (χ4n) is 3.05. The highest BCUT2D eigenvalue weighted by Crippen LogP contribution is 2.49. The van der Waals surface area contributed by atoms with Crippen LogP contribution in [0.2, 0.25) is 0 Å². The summed E-state index contributed by atoms with van der Waals surface area (Å²) in [7, 11) is 0. The maximum absolute atomic E-state index is 3.49. The van der Waals surface area contributed by atoms with E-state index in [9.17, 15) is 0 Å². The van der Waals surface area contributed by atoms with Gasteiger partial charge < -0.3 is 5.32 Å². The lowest BCUT2D eigenvalue weighted by molar-refractivity contribution is 0.395. The highest BCUT2D eigenvalue weighted by molar-refractivity contribution is 5.15. The van der Waals surface area contributed by atoms with Crippen LogP contribution in [-0.2, 0) is 0 Å². The Balaban J connectivity index is 1.99. The number of hydrogen-bond donors (Lipinski definition) is 1. The summed E-state index contributed by atoms with van der Waals surface area (Å²) in [6.45, 7) is 2.58. The van der Waals surface area contributed by atoms with Crippen molar-refractivity contribution in [3.63, 3.8) is 0 Å². The van der Waals surface area contributed by atoms with E-state index in [2.05, 4.69) is 17.5 Å². The lowest BCUT2D eigenvalue weighted by Gasteiger charge is -2.17. The number of allylic oxidation sites excluding steroid dienone is 2. The van der Waals surface area contributed by atoms with E-state index >= 15 is 0 Å². The third-order valence-corrected chi connectivity index (χ3v) is 3.56. The molecule has 3 rings (SSSR count). The third-order valence-electron chi connectivity index (χ3n) is 3.56. The summed E-state index contributed by atoms with van der Waals surface area (Å²) in [6, 6.07) is 0. The first-order valence-corrected chi connectivity index (χ1v) is 4.34. The van der Waals surface area contributed by atoms with Crippen molar-refractivity contribution in [2.24, 2.45) is 23.7 Å². The van der Waals surface area contributed by atoms with Crippen LogP contribution in [0.25, 0.3) is 0 Å². The average Bonchev–Trinajstić information content (AvgIpc) is 2.60. The van der Waals surface area contributed by atoms with Crippen LogP contribution in [0.15, 0.2) is 12.2 Å². The van der Waals surface area contributed by atoms with Crippen molar-refractivity contribution in [1.82, 2.24) is 5.32 Å². The number of fused-ring (bicyclic) bond motifs is 5. The van der Waals surface area contributed by atoms with Crippen LogP contribution in [0.3, 0.4) is 0 Å². The van der Waals surface area contributed by atoms with E-state index in [-0.39, 0.29) is 0 Å². The molecule has 3 aliphatic rings. The molecule has 0 aromatic rings. The normalized spacial score (nSPS) is 56.0. The van der Waals surface area contributed by atoms with Gasteiger partial charge in [0.2, 0.25) is 0 Å². The monoisotopic (exact) mass is 135 g/mol. The molecule has 0 aromatic carbocycles. The van der Waals surface area contributed by atoms with Gasteiger partial charge in [0.05, 0.1) is 0 Å². The predicted octanol–water partition coefficient (Wildman–Crippen LogP) is 1.03. The van der Waals surface area contributed by atoms with E-state index in [4.69, 9.17) is 0 Å². The van der Waals surface area contributed by atoms with E-state index in [0.29, 0.717) is 0 Å².